The summed E-state index contributed by atoms with van der Waals surface area (Å²) in [6.07, 6.45) is 3.81. The van der Waals surface area contributed by atoms with Crippen molar-refractivity contribution in [3.63, 3.8) is 0 Å². The van der Waals surface area contributed by atoms with Crippen LogP contribution in [0, 0.1) is 0 Å². The maximum atomic E-state index is 12.3. The van der Waals surface area contributed by atoms with Crippen LogP contribution in [0.25, 0.3) is 11.4 Å². The number of nitrogens with zero attached hydrogens (tertiary/aromatic N) is 3. The van der Waals surface area contributed by atoms with Crippen LogP contribution in [0.1, 0.15) is 18.6 Å². The van der Waals surface area contributed by atoms with E-state index < -0.39 is 0 Å². The van der Waals surface area contributed by atoms with E-state index in [0.717, 1.165) is 36.5 Å². The third-order valence-electron chi connectivity index (χ3n) is 4.82. The molecule has 1 amide bonds. The molecule has 1 aliphatic rings. The minimum Gasteiger partial charge on any atom is -0.497 e. The zero-order valence-corrected chi connectivity index (χ0v) is 17.6. The van der Waals surface area contributed by atoms with E-state index in [1.54, 1.807) is 13.4 Å². The first kappa shape index (κ1) is 20.5. The first-order valence-corrected chi connectivity index (χ1v) is 10.8. The second kappa shape index (κ2) is 9.82. The number of hydrogen-bond acceptors (Lipinski definition) is 7. The zero-order valence-electron chi connectivity index (χ0n) is 16.7. The molecule has 1 aliphatic heterocycles. The van der Waals surface area contributed by atoms with Gasteiger partial charge in [0.1, 0.15) is 11.5 Å². The number of benzene rings is 1. The summed E-state index contributed by atoms with van der Waals surface area (Å²) in [7, 11) is 1.63. The molecule has 2 aromatic heterocycles. The molecule has 3 heterocycles. The number of methoxy groups -OCH3 is 1. The van der Waals surface area contributed by atoms with E-state index in [1.165, 1.54) is 11.8 Å². The minimum absolute atomic E-state index is 0.0500. The highest BCUT2D eigenvalue weighted by Crippen LogP contribution is 2.27. The average molecular weight is 429 g/mol. The summed E-state index contributed by atoms with van der Waals surface area (Å²) in [5.74, 6) is 2.41. The van der Waals surface area contributed by atoms with Crippen molar-refractivity contribution in [3.8, 4) is 17.1 Å². The van der Waals surface area contributed by atoms with Gasteiger partial charge < -0.3 is 19.2 Å². The smallest absolute Gasteiger partial charge is 0.230 e. The minimum atomic E-state index is -0.0500. The van der Waals surface area contributed by atoms with E-state index in [2.05, 4.69) is 15.5 Å². The fourth-order valence-corrected chi connectivity index (χ4v) is 4.05. The molecule has 1 aromatic carbocycles. The Kier molecular flexibility index (Phi) is 6.70. The molecule has 3 aromatic rings. The number of aromatic nitrogens is 3. The lowest BCUT2D eigenvalue weighted by Gasteiger charge is -2.11. The molecule has 0 saturated carbocycles. The van der Waals surface area contributed by atoms with Crippen LogP contribution in [-0.2, 0) is 16.1 Å². The van der Waals surface area contributed by atoms with Crippen molar-refractivity contribution < 1.29 is 18.7 Å². The number of carbonyl (C=O) groups excluding carboxylic acids is 1. The van der Waals surface area contributed by atoms with E-state index in [4.69, 9.17) is 13.9 Å². The molecule has 1 N–H and O–H groups in total. The number of nitrogens with one attached hydrogen (secondary N) is 1. The molecule has 9 heteroatoms. The zero-order chi connectivity index (χ0) is 20.8. The Labute approximate surface area is 179 Å². The van der Waals surface area contributed by atoms with Crippen molar-refractivity contribution in [3.05, 3.63) is 48.4 Å². The Bertz CT molecular complexity index is 967. The maximum absolute atomic E-state index is 12.3. The van der Waals surface area contributed by atoms with Crippen LogP contribution in [0.15, 0.2) is 52.2 Å². The van der Waals surface area contributed by atoms with E-state index in [1.807, 2.05) is 41.0 Å². The highest BCUT2D eigenvalue weighted by atomic mass is 32.2. The van der Waals surface area contributed by atoms with Crippen molar-refractivity contribution in [2.45, 2.75) is 30.6 Å². The number of carbonyl (C=O) groups is 1. The van der Waals surface area contributed by atoms with Gasteiger partial charge in [0.15, 0.2) is 11.0 Å². The molecule has 1 atom stereocenters. The molecule has 0 spiro atoms. The third-order valence-corrected chi connectivity index (χ3v) is 5.79. The molecule has 1 saturated heterocycles. The van der Waals surface area contributed by atoms with E-state index in [-0.39, 0.29) is 17.8 Å². The number of thioether (sulfide) groups is 1. The largest absolute Gasteiger partial charge is 0.497 e. The lowest BCUT2D eigenvalue weighted by Crippen LogP contribution is -2.32. The van der Waals surface area contributed by atoms with Gasteiger partial charge in [0.25, 0.3) is 0 Å². The van der Waals surface area contributed by atoms with Crippen LogP contribution in [0.4, 0.5) is 0 Å². The summed E-state index contributed by atoms with van der Waals surface area (Å²) in [5, 5.41) is 12.3. The predicted octanol–water partition coefficient (Wildman–Crippen LogP) is 2.98. The van der Waals surface area contributed by atoms with Crippen LogP contribution in [-0.4, -0.2) is 52.8 Å². The van der Waals surface area contributed by atoms with Crippen molar-refractivity contribution >= 4 is 17.7 Å². The van der Waals surface area contributed by atoms with Gasteiger partial charge in [-0.1, -0.05) is 23.9 Å². The standard InChI is InChI=1S/C21H24N4O4S/c1-27-16-6-2-5-15(11-16)20-23-24-21(25(20)13-18-8-4-10-29-18)30-14-19(26)22-12-17-7-3-9-28-17/h2,4-6,8,10-11,17H,3,7,9,12-14H2,1H3,(H,22,26)/t17-/m0/s1. The van der Waals surface area contributed by atoms with Crippen LogP contribution in [0.3, 0.4) is 0 Å². The van der Waals surface area contributed by atoms with Gasteiger partial charge >= 0.3 is 0 Å². The van der Waals surface area contributed by atoms with Crippen molar-refractivity contribution in [2.75, 3.05) is 26.0 Å². The van der Waals surface area contributed by atoms with Gasteiger partial charge in [0, 0.05) is 18.7 Å². The number of rotatable bonds is 9. The van der Waals surface area contributed by atoms with Gasteiger partial charge in [0.2, 0.25) is 5.91 Å². The lowest BCUT2D eigenvalue weighted by molar-refractivity contribution is -0.119. The summed E-state index contributed by atoms with van der Waals surface area (Å²) in [4.78, 5) is 12.3. The second-order valence-electron chi connectivity index (χ2n) is 6.93. The average Bonchev–Trinajstić information content (AvgIpc) is 3.54. The fraction of sp³-hybridized carbons (Fsp3) is 0.381. The molecule has 0 unspecified atom stereocenters. The molecule has 158 valence electrons. The molecule has 4 rings (SSSR count). The Morgan fingerprint density at radius 1 is 1.33 bits per heavy atom. The molecule has 0 aliphatic carbocycles. The second-order valence-corrected chi connectivity index (χ2v) is 7.87. The molecule has 1 fully saturated rings. The fourth-order valence-electron chi connectivity index (χ4n) is 3.29. The van der Waals surface area contributed by atoms with Crippen molar-refractivity contribution in [1.29, 1.82) is 0 Å². The van der Waals surface area contributed by atoms with Gasteiger partial charge in [-0.15, -0.1) is 10.2 Å². The SMILES string of the molecule is COc1cccc(-c2nnc(SCC(=O)NC[C@@H]3CCCO3)n2Cc2ccco2)c1. The molecule has 0 bridgehead atoms. The Morgan fingerprint density at radius 2 is 2.27 bits per heavy atom. The van der Waals surface area contributed by atoms with E-state index in [0.29, 0.717) is 24.1 Å². The highest BCUT2D eigenvalue weighted by molar-refractivity contribution is 7.99. The van der Waals surface area contributed by atoms with Gasteiger partial charge in [-0.3, -0.25) is 9.36 Å². The van der Waals surface area contributed by atoms with Gasteiger partial charge in [-0.25, -0.2) is 0 Å². The Balaban J connectivity index is 1.48. The topological polar surface area (TPSA) is 91.4 Å². The van der Waals surface area contributed by atoms with Crippen LogP contribution >= 0.6 is 11.8 Å². The number of ether oxygens (including phenoxy) is 2. The van der Waals surface area contributed by atoms with Crippen molar-refractivity contribution in [1.82, 2.24) is 20.1 Å². The number of furan rings is 1. The van der Waals surface area contributed by atoms with Crippen LogP contribution < -0.4 is 10.1 Å². The normalized spacial score (nSPS) is 16.0. The summed E-state index contributed by atoms with van der Waals surface area (Å²) in [6.45, 7) is 1.79. The van der Waals surface area contributed by atoms with E-state index >= 15 is 0 Å². The molecule has 0 radical (unpaired) electrons. The van der Waals surface area contributed by atoms with E-state index in [9.17, 15) is 4.79 Å². The lowest BCUT2D eigenvalue weighted by atomic mass is 10.2. The quantitative estimate of drug-likeness (QED) is 0.524. The number of amides is 1. The first-order valence-electron chi connectivity index (χ1n) is 9.84. The Morgan fingerprint density at radius 3 is 3.03 bits per heavy atom. The summed E-state index contributed by atoms with van der Waals surface area (Å²) < 4.78 is 18.3. The monoisotopic (exact) mass is 428 g/mol. The number of hydrogen-bond donors (Lipinski definition) is 1. The first-order chi connectivity index (χ1) is 14.7. The van der Waals surface area contributed by atoms with Crippen molar-refractivity contribution in [2.24, 2.45) is 0 Å². The summed E-state index contributed by atoms with van der Waals surface area (Å²) >= 11 is 1.35. The molecule has 30 heavy (non-hydrogen) atoms. The van der Waals surface area contributed by atoms with Gasteiger partial charge in [-0.2, -0.15) is 0 Å². The summed E-state index contributed by atoms with van der Waals surface area (Å²) in [5.41, 5.74) is 0.878. The van der Waals surface area contributed by atoms with Crippen LogP contribution in [0.2, 0.25) is 0 Å². The molecular formula is C21H24N4O4S. The third kappa shape index (κ3) is 5.03. The predicted molar refractivity (Wildman–Crippen MR) is 113 cm³/mol. The highest BCUT2D eigenvalue weighted by Gasteiger charge is 2.19. The van der Waals surface area contributed by atoms with Gasteiger partial charge in [-0.05, 0) is 37.1 Å². The van der Waals surface area contributed by atoms with Crippen LogP contribution in [0.5, 0.6) is 5.75 Å². The summed E-state index contributed by atoms with van der Waals surface area (Å²) in [6, 6.07) is 11.4. The Hall–Kier alpha value is -2.78. The molecular weight excluding hydrogens is 404 g/mol. The molecule has 8 nitrogen and oxygen atoms in total. The maximum Gasteiger partial charge on any atom is 0.230 e. The van der Waals surface area contributed by atoms with Gasteiger partial charge in [0.05, 0.1) is 31.8 Å².